The number of likely N-dealkylation sites (tertiary alicyclic amines) is 1. The van der Waals surface area contributed by atoms with Crippen LogP contribution in [0.15, 0.2) is 47.5 Å². The maximum Gasteiger partial charge on any atom is 0.264 e. The fraction of sp³-hybridized carbons (Fsp3) is 0.263. The predicted octanol–water partition coefficient (Wildman–Crippen LogP) is 1.28. The van der Waals surface area contributed by atoms with Crippen LogP contribution in [0.25, 0.3) is 11.5 Å². The van der Waals surface area contributed by atoms with Gasteiger partial charge in [0.25, 0.3) is 11.5 Å². The van der Waals surface area contributed by atoms with E-state index in [1.807, 2.05) is 40.6 Å². The Balaban J connectivity index is 1.49. The summed E-state index contributed by atoms with van der Waals surface area (Å²) in [5.74, 6) is 1.11. The minimum atomic E-state index is -0.296. The third kappa shape index (κ3) is 2.80. The number of amides is 1. The van der Waals surface area contributed by atoms with Gasteiger partial charge in [-0.3, -0.25) is 14.0 Å². The van der Waals surface area contributed by atoms with Crippen LogP contribution < -0.4 is 5.56 Å². The molecule has 1 aliphatic rings. The lowest BCUT2D eigenvalue weighted by molar-refractivity contribution is 0.0728. The fourth-order valence-electron chi connectivity index (χ4n) is 3.83. The van der Waals surface area contributed by atoms with E-state index in [1.165, 1.54) is 6.07 Å². The van der Waals surface area contributed by atoms with Crippen LogP contribution in [-0.2, 0) is 0 Å². The van der Waals surface area contributed by atoms with Gasteiger partial charge in [0, 0.05) is 18.8 Å². The molecule has 0 bridgehead atoms. The summed E-state index contributed by atoms with van der Waals surface area (Å²) in [6.45, 7) is 2.46. The van der Waals surface area contributed by atoms with Crippen LogP contribution in [-0.4, -0.2) is 51.9 Å². The molecular weight excluding hydrogens is 372 g/mol. The van der Waals surface area contributed by atoms with Crippen molar-refractivity contribution in [2.75, 3.05) is 6.54 Å². The maximum absolute atomic E-state index is 13.3. The zero-order valence-electron chi connectivity index (χ0n) is 15.7. The smallest absolute Gasteiger partial charge is 0.264 e. The van der Waals surface area contributed by atoms with Gasteiger partial charge in [-0.2, -0.15) is 10.2 Å². The topological polar surface area (TPSA) is 114 Å². The molecule has 4 aromatic rings. The molecule has 10 nitrogen and oxygen atoms in total. The van der Waals surface area contributed by atoms with E-state index in [9.17, 15) is 9.59 Å². The zero-order chi connectivity index (χ0) is 20.0. The van der Waals surface area contributed by atoms with E-state index in [-0.39, 0.29) is 17.5 Å². The predicted molar refractivity (Wildman–Crippen MR) is 103 cm³/mol. The van der Waals surface area contributed by atoms with E-state index < -0.39 is 0 Å². The van der Waals surface area contributed by atoms with Crippen LogP contribution in [0.2, 0.25) is 0 Å². The summed E-state index contributed by atoms with van der Waals surface area (Å²) in [6, 6.07) is 8.52. The van der Waals surface area contributed by atoms with E-state index in [1.54, 1.807) is 16.9 Å². The van der Waals surface area contributed by atoms with Crippen molar-refractivity contribution >= 4 is 11.6 Å². The average Bonchev–Trinajstić information content (AvgIpc) is 3.46. The highest BCUT2D eigenvalue weighted by Crippen LogP contribution is 2.32. The second kappa shape index (κ2) is 6.66. The number of aromatic nitrogens is 7. The number of nitrogens with zero attached hydrogens (tertiary/aromatic N) is 7. The first-order chi connectivity index (χ1) is 14.1. The summed E-state index contributed by atoms with van der Waals surface area (Å²) in [4.78, 5) is 26.4. The maximum atomic E-state index is 13.3. The Hall–Kier alpha value is -3.82. The van der Waals surface area contributed by atoms with Crippen molar-refractivity contribution in [3.05, 3.63) is 70.2 Å². The molecule has 1 saturated heterocycles. The van der Waals surface area contributed by atoms with Gasteiger partial charge in [-0.25, -0.2) is 9.78 Å². The summed E-state index contributed by atoms with van der Waals surface area (Å²) in [5, 5.41) is 19.2. The van der Waals surface area contributed by atoms with Crippen molar-refractivity contribution in [2.24, 2.45) is 0 Å². The molecule has 5 rings (SSSR count). The number of fused-ring (bicyclic) bond motifs is 1. The molecule has 5 heterocycles. The first-order valence-electron chi connectivity index (χ1n) is 9.35. The number of aromatic amines is 1. The summed E-state index contributed by atoms with van der Waals surface area (Å²) < 4.78 is 3.47. The third-order valence-electron chi connectivity index (χ3n) is 5.27. The number of carbonyl (C=O) groups excluding carboxylic acids is 1. The molecule has 0 spiro atoms. The summed E-state index contributed by atoms with van der Waals surface area (Å²) in [6.07, 6.45) is 5.18. The van der Waals surface area contributed by atoms with Crippen LogP contribution in [0.1, 0.15) is 40.8 Å². The number of hydrogen-bond acceptors (Lipinski definition) is 6. The summed E-state index contributed by atoms with van der Waals surface area (Å²) in [5.41, 5.74) is 1.62. The number of H-pyrrole nitrogens is 1. The Morgan fingerprint density at radius 2 is 2.10 bits per heavy atom. The molecular formula is C19H18N8O2. The molecule has 1 fully saturated rings. The number of hydrogen-bond donors (Lipinski definition) is 1. The van der Waals surface area contributed by atoms with Gasteiger partial charge in [0.2, 0.25) is 0 Å². The lowest BCUT2D eigenvalue weighted by Crippen LogP contribution is -2.31. The van der Waals surface area contributed by atoms with Crippen LogP contribution in [0, 0.1) is 6.92 Å². The van der Waals surface area contributed by atoms with Gasteiger partial charge in [-0.15, -0.1) is 10.2 Å². The standard InChI is InChI=1S/C19H18N8O2/c1-12-13(11-20-27(12)16-7-8-17(28)23-22-16)19(29)25-10-4-5-14(25)18-24-21-15-6-2-3-9-26(15)18/h2-3,6-9,11,14H,4-5,10H2,1H3,(H,23,28). The van der Waals surface area contributed by atoms with Crippen molar-refractivity contribution in [3.63, 3.8) is 0 Å². The molecule has 29 heavy (non-hydrogen) atoms. The third-order valence-corrected chi connectivity index (χ3v) is 5.27. The Morgan fingerprint density at radius 1 is 1.21 bits per heavy atom. The lowest BCUT2D eigenvalue weighted by atomic mass is 10.1. The van der Waals surface area contributed by atoms with Crippen molar-refractivity contribution < 1.29 is 4.79 Å². The summed E-state index contributed by atoms with van der Waals surface area (Å²) >= 11 is 0. The summed E-state index contributed by atoms with van der Waals surface area (Å²) in [7, 11) is 0. The normalized spacial score (nSPS) is 16.6. The van der Waals surface area contributed by atoms with Crippen molar-refractivity contribution in [1.82, 2.24) is 39.5 Å². The highest BCUT2D eigenvalue weighted by atomic mass is 16.2. The van der Waals surface area contributed by atoms with Crippen molar-refractivity contribution in [3.8, 4) is 5.82 Å². The molecule has 1 unspecified atom stereocenters. The van der Waals surface area contributed by atoms with Gasteiger partial charge in [0.05, 0.1) is 23.5 Å². The average molecular weight is 390 g/mol. The first kappa shape index (κ1) is 17.3. The van der Waals surface area contributed by atoms with E-state index >= 15 is 0 Å². The quantitative estimate of drug-likeness (QED) is 0.564. The highest BCUT2D eigenvalue weighted by Gasteiger charge is 2.35. The monoisotopic (exact) mass is 390 g/mol. The van der Waals surface area contributed by atoms with Crippen LogP contribution in [0.3, 0.4) is 0 Å². The second-order valence-electron chi connectivity index (χ2n) is 6.98. The zero-order valence-corrected chi connectivity index (χ0v) is 15.7. The van der Waals surface area contributed by atoms with Gasteiger partial charge in [-0.1, -0.05) is 6.07 Å². The number of rotatable bonds is 3. The fourth-order valence-corrected chi connectivity index (χ4v) is 3.83. The molecule has 146 valence electrons. The minimum absolute atomic E-state index is 0.103. The van der Waals surface area contributed by atoms with E-state index in [4.69, 9.17) is 0 Å². The molecule has 10 heteroatoms. The van der Waals surface area contributed by atoms with Gasteiger partial charge in [0.1, 0.15) is 0 Å². The van der Waals surface area contributed by atoms with Crippen molar-refractivity contribution in [1.29, 1.82) is 0 Å². The molecule has 1 N–H and O–H groups in total. The molecule has 1 amide bonds. The van der Waals surface area contributed by atoms with Crippen LogP contribution >= 0.6 is 0 Å². The molecule has 0 aliphatic carbocycles. The molecule has 0 radical (unpaired) electrons. The molecule has 0 aromatic carbocycles. The number of carbonyl (C=O) groups is 1. The Bertz CT molecular complexity index is 1250. The molecule has 1 aliphatic heterocycles. The number of pyridine rings is 1. The highest BCUT2D eigenvalue weighted by molar-refractivity contribution is 5.95. The van der Waals surface area contributed by atoms with E-state index in [2.05, 4.69) is 25.5 Å². The molecule has 4 aromatic heterocycles. The van der Waals surface area contributed by atoms with Crippen LogP contribution in [0.5, 0.6) is 0 Å². The van der Waals surface area contributed by atoms with Crippen molar-refractivity contribution in [2.45, 2.75) is 25.8 Å². The lowest BCUT2D eigenvalue weighted by Gasteiger charge is -2.23. The Morgan fingerprint density at radius 3 is 2.93 bits per heavy atom. The van der Waals surface area contributed by atoms with Crippen LogP contribution in [0.4, 0.5) is 0 Å². The Kier molecular flexibility index (Phi) is 3.97. The van der Waals surface area contributed by atoms with E-state index in [0.717, 1.165) is 24.3 Å². The minimum Gasteiger partial charge on any atom is -0.328 e. The van der Waals surface area contributed by atoms with E-state index in [0.29, 0.717) is 23.6 Å². The largest absolute Gasteiger partial charge is 0.328 e. The van der Waals surface area contributed by atoms with Gasteiger partial charge < -0.3 is 4.90 Å². The Labute approximate surface area is 164 Å². The SMILES string of the molecule is Cc1c(C(=O)N2CCCC2c2nnc3ccccn23)cnn1-c1ccc(=O)[nH]n1. The second-order valence-corrected chi connectivity index (χ2v) is 6.98. The van der Waals surface area contributed by atoms with Gasteiger partial charge in [0.15, 0.2) is 17.3 Å². The molecule has 1 atom stereocenters. The number of nitrogens with one attached hydrogen (secondary N) is 1. The van der Waals surface area contributed by atoms with Gasteiger partial charge >= 0.3 is 0 Å². The first-order valence-corrected chi connectivity index (χ1v) is 9.35. The van der Waals surface area contributed by atoms with Gasteiger partial charge in [-0.05, 0) is 38.0 Å². The molecule has 0 saturated carbocycles.